The maximum absolute atomic E-state index is 12.5. The molecule has 2 atom stereocenters. The van der Waals surface area contributed by atoms with Gasteiger partial charge >= 0.3 is 6.18 Å². The van der Waals surface area contributed by atoms with Gasteiger partial charge in [-0.15, -0.1) is 0 Å². The first-order chi connectivity index (χ1) is 9.32. The minimum absolute atomic E-state index is 0.102. The van der Waals surface area contributed by atoms with Gasteiger partial charge in [0.2, 0.25) is 0 Å². The smallest absolute Gasteiger partial charge is 0.396 e. The highest BCUT2D eigenvalue weighted by Crippen LogP contribution is 2.34. The van der Waals surface area contributed by atoms with E-state index in [0.717, 1.165) is 12.3 Å². The van der Waals surface area contributed by atoms with Crippen LogP contribution in [0.5, 0.6) is 0 Å². The molecule has 0 bridgehead atoms. The van der Waals surface area contributed by atoms with Crippen LogP contribution in [0.2, 0.25) is 5.02 Å². The molecule has 1 aliphatic heterocycles. The third kappa shape index (κ3) is 3.16. The second-order valence-corrected chi connectivity index (χ2v) is 5.18. The van der Waals surface area contributed by atoms with E-state index in [1.54, 1.807) is 4.90 Å². The fourth-order valence-electron chi connectivity index (χ4n) is 2.20. The zero-order chi connectivity index (χ0) is 14.9. The van der Waals surface area contributed by atoms with Crippen LogP contribution in [-0.2, 0) is 6.18 Å². The molecule has 0 spiro atoms. The lowest BCUT2D eigenvalue weighted by atomic mass is 9.95. The Hall–Kier alpha value is -1.05. The minimum atomic E-state index is -4.49. The fourth-order valence-corrected chi connectivity index (χ4v) is 2.49. The van der Waals surface area contributed by atoms with E-state index < -0.39 is 17.8 Å². The Labute approximate surface area is 118 Å². The summed E-state index contributed by atoms with van der Waals surface area (Å²) in [6, 6.07) is 0.828. The second kappa shape index (κ2) is 5.75. The molecule has 2 heterocycles. The first-order valence-corrected chi connectivity index (χ1v) is 6.47. The van der Waals surface area contributed by atoms with Crippen molar-refractivity contribution in [2.24, 2.45) is 5.92 Å². The van der Waals surface area contributed by atoms with E-state index in [4.69, 9.17) is 16.7 Å². The van der Waals surface area contributed by atoms with Crippen molar-refractivity contribution < 1.29 is 23.4 Å². The molecule has 0 aliphatic carbocycles. The number of aliphatic hydroxyl groups is 2. The number of aliphatic hydroxyl groups excluding tert-OH is 2. The summed E-state index contributed by atoms with van der Waals surface area (Å²) in [5.74, 6) is -0.00502. The van der Waals surface area contributed by atoms with E-state index in [1.165, 1.54) is 0 Å². The molecule has 1 aromatic rings. The number of hydrogen-bond donors (Lipinski definition) is 2. The summed E-state index contributed by atoms with van der Waals surface area (Å²) in [6.45, 7) is 0.535. The molecular weight excluding hydrogens is 297 g/mol. The van der Waals surface area contributed by atoms with Crippen molar-refractivity contribution in [2.45, 2.75) is 18.7 Å². The highest BCUT2D eigenvalue weighted by atomic mass is 35.5. The number of halogens is 4. The Morgan fingerprint density at radius 2 is 2.15 bits per heavy atom. The third-order valence-corrected chi connectivity index (χ3v) is 3.68. The third-order valence-electron chi connectivity index (χ3n) is 3.40. The summed E-state index contributed by atoms with van der Waals surface area (Å²) in [6.07, 6.45) is -3.99. The average molecular weight is 311 g/mol. The van der Waals surface area contributed by atoms with Crippen molar-refractivity contribution in [2.75, 3.05) is 24.6 Å². The van der Waals surface area contributed by atoms with Gasteiger partial charge in [0.15, 0.2) is 0 Å². The normalized spacial score (nSPS) is 24.0. The van der Waals surface area contributed by atoms with Gasteiger partial charge in [0.1, 0.15) is 5.82 Å². The highest BCUT2D eigenvalue weighted by Gasteiger charge is 2.33. The molecule has 0 radical (unpaired) electrons. The molecule has 1 saturated heterocycles. The number of nitrogens with zero attached hydrogens (tertiary/aromatic N) is 2. The summed E-state index contributed by atoms with van der Waals surface area (Å²) in [4.78, 5) is 5.38. The summed E-state index contributed by atoms with van der Waals surface area (Å²) >= 11 is 5.85. The summed E-state index contributed by atoms with van der Waals surface area (Å²) in [5, 5.41) is 18.8. The quantitative estimate of drug-likeness (QED) is 0.876. The van der Waals surface area contributed by atoms with Crippen LogP contribution in [0.15, 0.2) is 12.3 Å². The van der Waals surface area contributed by atoms with Crippen molar-refractivity contribution in [3.63, 3.8) is 0 Å². The molecule has 2 rings (SSSR count). The van der Waals surface area contributed by atoms with Gasteiger partial charge in [-0.05, 0) is 12.5 Å². The van der Waals surface area contributed by atoms with Gasteiger partial charge in [-0.3, -0.25) is 0 Å². The van der Waals surface area contributed by atoms with Gasteiger partial charge in [-0.25, -0.2) is 4.98 Å². The molecule has 0 unspecified atom stereocenters. The number of anilines is 1. The molecule has 4 nitrogen and oxygen atoms in total. The lowest BCUT2D eigenvalue weighted by Gasteiger charge is -2.36. The van der Waals surface area contributed by atoms with Crippen LogP contribution in [0.25, 0.3) is 0 Å². The Balaban J connectivity index is 2.18. The Kier molecular flexibility index (Phi) is 4.41. The molecule has 1 aromatic heterocycles. The second-order valence-electron chi connectivity index (χ2n) is 4.77. The van der Waals surface area contributed by atoms with Crippen molar-refractivity contribution >= 4 is 17.4 Å². The summed E-state index contributed by atoms with van der Waals surface area (Å²) in [5.41, 5.74) is -0.906. The van der Waals surface area contributed by atoms with Crippen LogP contribution in [-0.4, -0.2) is 41.0 Å². The van der Waals surface area contributed by atoms with Gasteiger partial charge in [-0.1, -0.05) is 11.6 Å². The van der Waals surface area contributed by atoms with E-state index in [-0.39, 0.29) is 29.9 Å². The van der Waals surface area contributed by atoms with E-state index in [9.17, 15) is 18.3 Å². The zero-order valence-electron chi connectivity index (χ0n) is 10.4. The van der Waals surface area contributed by atoms with Gasteiger partial charge < -0.3 is 15.1 Å². The lowest BCUT2D eigenvalue weighted by molar-refractivity contribution is -0.137. The van der Waals surface area contributed by atoms with Crippen LogP contribution >= 0.6 is 11.6 Å². The molecule has 2 N–H and O–H groups in total. The first kappa shape index (κ1) is 15.3. The highest BCUT2D eigenvalue weighted by molar-refractivity contribution is 6.33. The molecule has 8 heteroatoms. The maximum Gasteiger partial charge on any atom is 0.417 e. The van der Waals surface area contributed by atoms with E-state index in [2.05, 4.69) is 4.98 Å². The van der Waals surface area contributed by atoms with Gasteiger partial charge in [0.05, 0.1) is 16.7 Å². The van der Waals surface area contributed by atoms with Crippen molar-refractivity contribution in [3.05, 3.63) is 22.8 Å². The molecule has 1 fully saturated rings. The van der Waals surface area contributed by atoms with Crippen molar-refractivity contribution in [3.8, 4) is 0 Å². The monoisotopic (exact) mass is 310 g/mol. The summed E-state index contributed by atoms with van der Waals surface area (Å²) in [7, 11) is 0. The van der Waals surface area contributed by atoms with Crippen LogP contribution < -0.4 is 4.90 Å². The summed E-state index contributed by atoms with van der Waals surface area (Å²) < 4.78 is 37.6. The number of hydrogen-bond acceptors (Lipinski definition) is 4. The molecule has 0 saturated carbocycles. The molecule has 20 heavy (non-hydrogen) atoms. The average Bonchev–Trinajstić information content (AvgIpc) is 2.37. The van der Waals surface area contributed by atoms with Crippen LogP contribution in [0, 0.1) is 5.92 Å². The van der Waals surface area contributed by atoms with E-state index in [1.807, 2.05) is 0 Å². The van der Waals surface area contributed by atoms with Crippen molar-refractivity contribution in [1.29, 1.82) is 0 Å². The van der Waals surface area contributed by atoms with Gasteiger partial charge in [0, 0.05) is 31.8 Å². The number of aromatic nitrogens is 1. The molecule has 0 aromatic carbocycles. The van der Waals surface area contributed by atoms with Gasteiger partial charge in [0.25, 0.3) is 0 Å². The van der Waals surface area contributed by atoms with Crippen LogP contribution in [0.4, 0.5) is 19.0 Å². The predicted octanol–water partition coefficient (Wildman–Crippen LogP) is 1.93. The minimum Gasteiger partial charge on any atom is -0.396 e. The molecule has 0 amide bonds. The Morgan fingerprint density at radius 1 is 1.45 bits per heavy atom. The number of piperidine rings is 1. The van der Waals surface area contributed by atoms with Crippen LogP contribution in [0.3, 0.4) is 0 Å². The molecular formula is C12H14ClF3N2O2. The standard InChI is InChI=1S/C12H14ClF3N2O2/c13-9-3-8(12(14,15)16)4-17-11(9)18-2-1-7(6-19)10(20)5-18/h3-4,7,10,19-20H,1-2,5-6H2/t7-,10+/m1/s1. The van der Waals surface area contributed by atoms with Gasteiger partial charge in [-0.2, -0.15) is 13.2 Å². The molecule has 112 valence electrons. The largest absolute Gasteiger partial charge is 0.417 e. The fraction of sp³-hybridized carbons (Fsp3) is 0.583. The Morgan fingerprint density at radius 3 is 2.65 bits per heavy atom. The maximum atomic E-state index is 12.5. The number of rotatable bonds is 2. The van der Waals surface area contributed by atoms with Crippen molar-refractivity contribution in [1.82, 2.24) is 4.98 Å². The SMILES string of the molecule is OC[C@H]1CCN(c2ncc(C(F)(F)F)cc2Cl)C[C@@H]1O. The lowest BCUT2D eigenvalue weighted by Crippen LogP contribution is -2.45. The molecule has 1 aliphatic rings. The zero-order valence-corrected chi connectivity index (χ0v) is 11.2. The van der Waals surface area contributed by atoms with E-state index in [0.29, 0.717) is 13.0 Å². The first-order valence-electron chi connectivity index (χ1n) is 6.09. The van der Waals surface area contributed by atoms with Crippen LogP contribution in [0.1, 0.15) is 12.0 Å². The number of β-amino-alcohol motifs (C(OH)–C–C–N with tert-alkyl or cyclic N) is 1. The Bertz CT molecular complexity index is 484. The van der Waals surface area contributed by atoms with E-state index >= 15 is 0 Å². The topological polar surface area (TPSA) is 56.6 Å². The predicted molar refractivity (Wildman–Crippen MR) is 67.7 cm³/mol. The number of pyridine rings is 1. The number of alkyl halides is 3.